The van der Waals surface area contributed by atoms with E-state index in [9.17, 15) is 9.90 Å². The molecule has 1 N–H and O–H groups in total. The lowest BCUT2D eigenvalue weighted by Gasteiger charge is -2.22. The molecule has 29 heavy (non-hydrogen) atoms. The highest BCUT2D eigenvalue weighted by Crippen LogP contribution is 2.42. The van der Waals surface area contributed by atoms with Crippen LogP contribution in [0.2, 0.25) is 0 Å². The van der Waals surface area contributed by atoms with Crippen molar-refractivity contribution in [1.82, 2.24) is 0 Å². The maximum atomic E-state index is 12.4. The Morgan fingerprint density at radius 3 is 2.66 bits per heavy atom. The van der Waals surface area contributed by atoms with Crippen LogP contribution in [0, 0.1) is 0 Å². The molecule has 0 spiro atoms. The normalized spacial score (nSPS) is 12.8. The maximum Gasteiger partial charge on any atom is 0.353 e. The predicted octanol–water partition coefficient (Wildman–Crippen LogP) is 5.76. The molecule has 1 aromatic heterocycles. The summed E-state index contributed by atoms with van der Waals surface area (Å²) in [6.45, 7) is 6.33. The van der Waals surface area contributed by atoms with Gasteiger partial charge >= 0.3 is 5.63 Å². The Labute approximate surface area is 172 Å². The van der Waals surface area contributed by atoms with E-state index in [2.05, 4.69) is 20.8 Å². The first-order chi connectivity index (χ1) is 13.8. The molecule has 148 valence electrons. The van der Waals surface area contributed by atoms with Crippen molar-refractivity contribution in [2.24, 2.45) is 0 Å². The van der Waals surface area contributed by atoms with Crippen molar-refractivity contribution in [2.75, 3.05) is 0 Å². The van der Waals surface area contributed by atoms with Crippen molar-refractivity contribution in [2.45, 2.75) is 36.0 Å². The summed E-state index contributed by atoms with van der Waals surface area (Å²) in [7, 11) is 0. The Balaban J connectivity index is 1.78. The Kier molecular flexibility index (Phi) is 4.88. The molecule has 5 nitrogen and oxygen atoms in total. The fraction of sp³-hybridized carbons (Fsp3) is 0.174. The van der Waals surface area contributed by atoms with Crippen molar-refractivity contribution < 1.29 is 19.3 Å². The molecule has 0 amide bonds. The maximum absolute atomic E-state index is 12.4. The summed E-state index contributed by atoms with van der Waals surface area (Å²) < 4.78 is 5.26. The lowest BCUT2D eigenvalue weighted by molar-refractivity contribution is -0.151. The number of benzene rings is 2. The minimum atomic E-state index is -0.574. The first-order valence-electron chi connectivity index (χ1n) is 9.11. The van der Waals surface area contributed by atoms with E-state index >= 15 is 0 Å². The van der Waals surface area contributed by atoms with Gasteiger partial charge < -0.3 is 9.52 Å². The molecule has 3 aromatic rings. The molecule has 0 saturated heterocycles. The summed E-state index contributed by atoms with van der Waals surface area (Å²) in [5.74, 6) is 0.466. The first-order valence-corrected chi connectivity index (χ1v) is 9.92. The average molecular weight is 408 g/mol. The zero-order valence-corrected chi connectivity index (χ0v) is 17.1. The van der Waals surface area contributed by atoms with Crippen molar-refractivity contribution >= 4 is 17.8 Å². The molecule has 0 saturated carbocycles. The van der Waals surface area contributed by atoms with E-state index in [0.29, 0.717) is 16.9 Å². The molecule has 0 fully saturated rings. The molecule has 2 aromatic carbocycles. The Morgan fingerprint density at radius 2 is 1.86 bits per heavy atom. The fourth-order valence-corrected chi connectivity index (χ4v) is 4.31. The third-order valence-corrected chi connectivity index (χ3v) is 5.75. The van der Waals surface area contributed by atoms with Gasteiger partial charge in [0.1, 0.15) is 23.2 Å². The number of rotatable bonds is 3. The van der Waals surface area contributed by atoms with Crippen molar-refractivity contribution in [3.63, 3.8) is 0 Å². The molecule has 0 radical (unpaired) electrons. The fourth-order valence-electron chi connectivity index (χ4n) is 3.12. The Morgan fingerprint density at radius 1 is 1.07 bits per heavy atom. The Bertz CT molecular complexity index is 1150. The minimum absolute atomic E-state index is 0.105. The largest absolute Gasteiger partial charge is 0.506 e. The van der Waals surface area contributed by atoms with Gasteiger partial charge in [0.05, 0.1) is 5.56 Å². The molecule has 1 aliphatic heterocycles. The first kappa shape index (κ1) is 19.2. The highest BCUT2D eigenvalue weighted by Gasteiger charge is 2.22. The quantitative estimate of drug-likeness (QED) is 0.556. The lowest BCUT2D eigenvalue weighted by atomic mass is 9.87. The molecule has 0 unspecified atom stereocenters. The summed E-state index contributed by atoms with van der Waals surface area (Å²) in [6, 6.07) is 13.2. The van der Waals surface area contributed by atoms with Gasteiger partial charge in [-0.15, -0.1) is 0 Å². The van der Waals surface area contributed by atoms with Gasteiger partial charge in [-0.25, -0.2) is 4.79 Å². The molecule has 2 heterocycles. The van der Waals surface area contributed by atoms with Crippen LogP contribution in [0.15, 0.2) is 74.0 Å². The van der Waals surface area contributed by atoms with Gasteiger partial charge in [0.2, 0.25) is 0 Å². The van der Waals surface area contributed by atoms with E-state index in [4.69, 9.17) is 14.2 Å². The van der Waals surface area contributed by atoms with Gasteiger partial charge in [-0.2, -0.15) is 0 Å². The third kappa shape index (κ3) is 3.76. The topological polar surface area (TPSA) is 68.9 Å². The van der Waals surface area contributed by atoms with E-state index in [0.717, 1.165) is 16.0 Å². The van der Waals surface area contributed by atoms with Gasteiger partial charge in [0, 0.05) is 10.5 Å². The van der Waals surface area contributed by atoms with Gasteiger partial charge in [0.25, 0.3) is 0 Å². The van der Waals surface area contributed by atoms with Crippen LogP contribution in [-0.2, 0) is 10.3 Å². The van der Waals surface area contributed by atoms with Crippen LogP contribution < -0.4 is 10.5 Å². The summed E-state index contributed by atoms with van der Waals surface area (Å²) in [4.78, 5) is 23.4. The second-order valence-electron chi connectivity index (χ2n) is 7.70. The zero-order valence-electron chi connectivity index (χ0n) is 16.3. The van der Waals surface area contributed by atoms with Gasteiger partial charge in [-0.05, 0) is 40.8 Å². The van der Waals surface area contributed by atoms with E-state index in [1.165, 1.54) is 24.3 Å². The summed E-state index contributed by atoms with van der Waals surface area (Å²) >= 11 is 1.22. The number of hydrogen-bond donors (Lipinski definition) is 1. The van der Waals surface area contributed by atoms with Crippen LogP contribution in [0.1, 0.15) is 31.9 Å². The molecule has 6 heteroatoms. The van der Waals surface area contributed by atoms with Crippen LogP contribution in [0.3, 0.4) is 0 Å². The molecule has 0 aliphatic carbocycles. The zero-order chi connectivity index (χ0) is 20.6. The van der Waals surface area contributed by atoms with Crippen LogP contribution in [0.5, 0.6) is 11.5 Å². The smallest absolute Gasteiger partial charge is 0.353 e. The van der Waals surface area contributed by atoms with E-state index < -0.39 is 5.63 Å². The second kappa shape index (κ2) is 7.37. The summed E-state index contributed by atoms with van der Waals surface area (Å²) in [6.07, 6.45) is 4.47. The number of hydrogen-bond acceptors (Lipinski definition) is 6. The van der Waals surface area contributed by atoms with Crippen LogP contribution in [0.25, 0.3) is 17.2 Å². The highest BCUT2D eigenvalue weighted by molar-refractivity contribution is 7.99. The van der Waals surface area contributed by atoms with Crippen molar-refractivity contribution in [1.29, 1.82) is 0 Å². The van der Waals surface area contributed by atoms with Crippen molar-refractivity contribution in [3.05, 3.63) is 76.5 Å². The highest BCUT2D eigenvalue weighted by atomic mass is 32.2. The average Bonchev–Trinajstić information content (AvgIpc) is 2.70. The Hall–Kier alpha value is -3.12. The molecular formula is C23H20O5S. The SMILES string of the molecule is CC(C)(C)c1ccccc1Sc1c(O)c(-c2ccc3c(c2)C=COO3)coc1=O. The predicted molar refractivity (Wildman–Crippen MR) is 112 cm³/mol. The monoisotopic (exact) mass is 408 g/mol. The van der Waals surface area contributed by atoms with Crippen LogP contribution in [0.4, 0.5) is 0 Å². The molecule has 4 rings (SSSR count). The molecule has 0 bridgehead atoms. The van der Waals surface area contributed by atoms with Gasteiger partial charge in [0.15, 0.2) is 5.75 Å². The molecular weight excluding hydrogens is 388 g/mol. The molecule has 0 atom stereocenters. The van der Waals surface area contributed by atoms with Crippen molar-refractivity contribution in [3.8, 4) is 22.6 Å². The summed E-state index contributed by atoms with van der Waals surface area (Å²) in [5.41, 5.74) is 2.34. The molecule has 1 aliphatic rings. The van der Waals surface area contributed by atoms with E-state index in [1.807, 2.05) is 30.3 Å². The van der Waals surface area contributed by atoms with Crippen LogP contribution >= 0.6 is 11.8 Å². The van der Waals surface area contributed by atoms with Crippen LogP contribution in [-0.4, -0.2) is 5.11 Å². The second-order valence-corrected chi connectivity index (χ2v) is 8.75. The van der Waals surface area contributed by atoms with E-state index in [1.54, 1.807) is 18.2 Å². The van der Waals surface area contributed by atoms with Gasteiger partial charge in [-0.3, -0.25) is 9.78 Å². The number of fused-ring (bicyclic) bond motifs is 1. The van der Waals surface area contributed by atoms with Gasteiger partial charge in [-0.1, -0.05) is 56.8 Å². The lowest BCUT2D eigenvalue weighted by Crippen LogP contribution is -2.12. The summed E-state index contributed by atoms with van der Waals surface area (Å²) in [5, 5.41) is 10.9. The third-order valence-electron chi connectivity index (χ3n) is 4.61. The number of aromatic hydroxyl groups is 1. The minimum Gasteiger partial charge on any atom is -0.506 e. The van der Waals surface area contributed by atoms with E-state index in [-0.39, 0.29) is 16.1 Å². The standard InChI is InChI=1S/C23H20O5S/c1-23(2,3)17-6-4-5-7-19(17)29-21-20(24)16(13-26-22(21)25)14-8-9-18-15(12-14)10-11-27-28-18/h4-13,24H,1-3H3.